The number of ether oxygens (including phenoxy) is 1. The lowest BCUT2D eigenvalue weighted by molar-refractivity contribution is -0.128. The lowest BCUT2D eigenvalue weighted by atomic mass is 9.86. The molecule has 2 aromatic rings. The van der Waals surface area contributed by atoms with Gasteiger partial charge < -0.3 is 10.1 Å². The summed E-state index contributed by atoms with van der Waals surface area (Å²) in [4.78, 5) is 12.6. The smallest absolute Gasteiger partial charge is 0.261 e. The van der Waals surface area contributed by atoms with Crippen molar-refractivity contribution in [2.45, 2.75) is 58.6 Å². The molecule has 0 aliphatic carbocycles. The molecule has 0 spiro atoms. The first-order valence-electron chi connectivity index (χ1n) is 8.93. The van der Waals surface area contributed by atoms with Gasteiger partial charge in [-0.2, -0.15) is 0 Å². The zero-order chi connectivity index (χ0) is 18.4. The molecule has 0 aromatic heterocycles. The van der Waals surface area contributed by atoms with Gasteiger partial charge >= 0.3 is 0 Å². The Morgan fingerprint density at radius 2 is 1.64 bits per heavy atom. The molecule has 3 heteroatoms. The topological polar surface area (TPSA) is 38.3 Å². The number of rotatable bonds is 6. The number of hydrogen-bond acceptors (Lipinski definition) is 2. The number of carbonyl (C=O) groups excluding carboxylic acids is 1. The van der Waals surface area contributed by atoms with Crippen LogP contribution in [-0.2, 0) is 10.2 Å². The molecule has 134 valence electrons. The van der Waals surface area contributed by atoms with Crippen molar-refractivity contribution in [1.29, 1.82) is 0 Å². The SMILES string of the molecule is CC[C@@H](Oc1ccccc1)C(=O)N[C@H](C)c1ccc(C(C)(C)C)cc1. The summed E-state index contributed by atoms with van der Waals surface area (Å²) in [5.74, 6) is 0.630. The maximum absolute atomic E-state index is 12.6. The molecular formula is C22H29NO2. The van der Waals surface area contributed by atoms with E-state index in [0.717, 1.165) is 5.56 Å². The van der Waals surface area contributed by atoms with Crippen LogP contribution in [0.25, 0.3) is 0 Å². The Bertz CT molecular complexity index is 671. The Morgan fingerprint density at radius 1 is 1.04 bits per heavy atom. The Kier molecular flexibility index (Phi) is 6.24. The van der Waals surface area contributed by atoms with Crippen molar-refractivity contribution in [2.75, 3.05) is 0 Å². The third-order valence-electron chi connectivity index (χ3n) is 4.32. The lowest BCUT2D eigenvalue weighted by Gasteiger charge is -2.22. The van der Waals surface area contributed by atoms with Crippen LogP contribution in [0.4, 0.5) is 0 Å². The quantitative estimate of drug-likeness (QED) is 0.802. The molecule has 25 heavy (non-hydrogen) atoms. The predicted octanol–water partition coefficient (Wildman–Crippen LogP) is 5.02. The van der Waals surface area contributed by atoms with Crippen LogP contribution in [0.5, 0.6) is 5.75 Å². The van der Waals surface area contributed by atoms with E-state index < -0.39 is 6.10 Å². The summed E-state index contributed by atoms with van der Waals surface area (Å²) in [7, 11) is 0. The normalized spacial score (nSPS) is 13.8. The van der Waals surface area contributed by atoms with Crippen molar-refractivity contribution in [3.8, 4) is 5.75 Å². The average Bonchev–Trinajstić information content (AvgIpc) is 2.59. The molecular weight excluding hydrogens is 310 g/mol. The zero-order valence-electron chi connectivity index (χ0n) is 15.9. The van der Waals surface area contributed by atoms with Gasteiger partial charge in [-0.3, -0.25) is 4.79 Å². The molecule has 3 nitrogen and oxygen atoms in total. The molecule has 0 saturated carbocycles. The number of para-hydroxylation sites is 1. The molecule has 2 atom stereocenters. The van der Waals surface area contributed by atoms with Gasteiger partial charge in [0.25, 0.3) is 5.91 Å². The third-order valence-corrected chi connectivity index (χ3v) is 4.32. The number of hydrogen-bond donors (Lipinski definition) is 1. The van der Waals surface area contributed by atoms with Crippen molar-refractivity contribution in [3.63, 3.8) is 0 Å². The number of amides is 1. The molecule has 1 amide bonds. The van der Waals surface area contributed by atoms with E-state index in [1.807, 2.05) is 44.2 Å². The molecule has 0 fully saturated rings. The van der Waals surface area contributed by atoms with Crippen LogP contribution in [0.3, 0.4) is 0 Å². The second-order valence-corrected chi connectivity index (χ2v) is 7.43. The van der Waals surface area contributed by atoms with Crippen LogP contribution in [0.1, 0.15) is 58.2 Å². The maximum Gasteiger partial charge on any atom is 0.261 e. The molecule has 0 unspecified atom stereocenters. The number of benzene rings is 2. The van der Waals surface area contributed by atoms with Gasteiger partial charge in [-0.25, -0.2) is 0 Å². The lowest BCUT2D eigenvalue weighted by Crippen LogP contribution is -2.39. The highest BCUT2D eigenvalue weighted by Crippen LogP contribution is 2.24. The van der Waals surface area contributed by atoms with Crippen LogP contribution < -0.4 is 10.1 Å². The molecule has 0 saturated heterocycles. The summed E-state index contributed by atoms with van der Waals surface area (Å²) >= 11 is 0. The van der Waals surface area contributed by atoms with E-state index in [1.165, 1.54) is 5.56 Å². The largest absolute Gasteiger partial charge is 0.481 e. The van der Waals surface area contributed by atoms with Crippen molar-refractivity contribution in [3.05, 3.63) is 65.7 Å². The van der Waals surface area contributed by atoms with Crippen molar-refractivity contribution in [2.24, 2.45) is 0 Å². The van der Waals surface area contributed by atoms with E-state index in [0.29, 0.717) is 12.2 Å². The van der Waals surface area contributed by atoms with Gasteiger partial charge in [0.05, 0.1) is 6.04 Å². The standard InChI is InChI=1S/C22H29NO2/c1-6-20(25-19-10-8-7-9-11-19)21(24)23-16(2)17-12-14-18(15-13-17)22(3,4)5/h7-16,20H,6H2,1-5H3,(H,23,24)/t16-,20-/m1/s1. The average molecular weight is 339 g/mol. The van der Waals surface area contributed by atoms with Crippen LogP contribution >= 0.6 is 0 Å². The fourth-order valence-electron chi connectivity index (χ4n) is 2.65. The Balaban J connectivity index is 2.00. The summed E-state index contributed by atoms with van der Waals surface area (Å²) in [6, 6.07) is 17.8. The van der Waals surface area contributed by atoms with Crippen molar-refractivity contribution in [1.82, 2.24) is 5.32 Å². The predicted molar refractivity (Wildman–Crippen MR) is 103 cm³/mol. The Labute approximate surface area is 151 Å². The number of nitrogens with one attached hydrogen (secondary N) is 1. The van der Waals surface area contributed by atoms with Gasteiger partial charge in [0.1, 0.15) is 5.75 Å². The summed E-state index contributed by atoms with van der Waals surface area (Å²) < 4.78 is 5.81. The van der Waals surface area contributed by atoms with Crippen LogP contribution in [0, 0.1) is 0 Å². The van der Waals surface area contributed by atoms with Gasteiger partial charge in [-0.15, -0.1) is 0 Å². The first kappa shape index (κ1) is 19.0. The fraction of sp³-hybridized carbons (Fsp3) is 0.409. The minimum atomic E-state index is -0.487. The highest BCUT2D eigenvalue weighted by atomic mass is 16.5. The van der Waals surface area contributed by atoms with Gasteiger partial charge in [0.15, 0.2) is 6.10 Å². The molecule has 0 radical (unpaired) electrons. The monoisotopic (exact) mass is 339 g/mol. The van der Waals surface area contributed by atoms with E-state index in [-0.39, 0.29) is 17.4 Å². The second-order valence-electron chi connectivity index (χ2n) is 7.43. The molecule has 1 N–H and O–H groups in total. The van der Waals surface area contributed by atoms with Crippen molar-refractivity contribution < 1.29 is 9.53 Å². The van der Waals surface area contributed by atoms with Gasteiger partial charge in [0, 0.05) is 0 Å². The first-order chi connectivity index (χ1) is 11.8. The molecule has 0 bridgehead atoms. The van der Waals surface area contributed by atoms with Crippen LogP contribution in [0.15, 0.2) is 54.6 Å². The molecule has 2 rings (SSSR count). The summed E-state index contributed by atoms with van der Waals surface area (Å²) in [6.45, 7) is 10.5. The van der Waals surface area contributed by atoms with E-state index in [4.69, 9.17) is 4.74 Å². The third kappa shape index (κ3) is 5.35. The Morgan fingerprint density at radius 3 is 2.16 bits per heavy atom. The van der Waals surface area contributed by atoms with E-state index in [2.05, 4.69) is 50.4 Å². The maximum atomic E-state index is 12.6. The van der Waals surface area contributed by atoms with Crippen LogP contribution in [-0.4, -0.2) is 12.0 Å². The van der Waals surface area contributed by atoms with E-state index >= 15 is 0 Å². The highest BCUT2D eigenvalue weighted by molar-refractivity contribution is 5.81. The molecule has 0 heterocycles. The van der Waals surface area contributed by atoms with Gasteiger partial charge in [-0.1, -0.05) is 70.2 Å². The minimum absolute atomic E-state index is 0.0602. The first-order valence-corrected chi connectivity index (χ1v) is 8.93. The summed E-state index contributed by atoms with van der Waals surface area (Å²) in [5.41, 5.74) is 2.51. The van der Waals surface area contributed by atoms with Crippen LogP contribution in [0.2, 0.25) is 0 Å². The summed E-state index contributed by atoms with van der Waals surface area (Å²) in [6.07, 6.45) is 0.134. The minimum Gasteiger partial charge on any atom is -0.481 e. The van der Waals surface area contributed by atoms with Crippen molar-refractivity contribution >= 4 is 5.91 Å². The molecule has 2 aromatic carbocycles. The van der Waals surface area contributed by atoms with E-state index in [9.17, 15) is 4.79 Å². The highest BCUT2D eigenvalue weighted by Gasteiger charge is 2.21. The molecule has 0 aliphatic rings. The fourth-order valence-corrected chi connectivity index (χ4v) is 2.65. The Hall–Kier alpha value is -2.29. The summed E-state index contributed by atoms with van der Waals surface area (Å²) in [5, 5.41) is 3.06. The van der Waals surface area contributed by atoms with Gasteiger partial charge in [-0.05, 0) is 42.0 Å². The molecule has 0 aliphatic heterocycles. The van der Waals surface area contributed by atoms with Gasteiger partial charge in [0.2, 0.25) is 0 Å². The second kappa shape index (κ2) is 8.19. The van der Waals surface area contributed by atoms with E-state index in [1.54, 1.807) is 0 Å². The zero-order valence-corrected chi connectivity index (χ0v) is 15.9. The number of carbonyl (C=O) groups is 1.